The van der Waals surface area contributed by atoms with Gasteiger partial charge in [0.25, 0.3) is 0 Å². The Bertz CT molecular complexity index is 842. The Morgan fingerprint density at radius 1 is 0.567 bits per heavy atom. The van der Waals surface area contributed by atoms with E-state index < -0.39 is 0 Å². The second-order valence-corrected chi connectivity index (χ2v) is 8.57. The van der Waals surface area contributed by atoms with E-state index in [0.29, 0.717) is 11.8 Å². The van der Waals surface area contributed by atoms with Crippen molar-refractivity contribution in [2.45, 2.75) is 34.6 Å². The van der Waals surface area contributed by atoms with Crippen LogP contribution in [0.3, 0.4) is 0 Å². The van der Waals surface area contributed by atoms with Crippen LogP contribution >= 0.6 is 0 Å². The second-order valence-electron chi connectivity index (χ2n) is 8.57. The predicted molar refractivity (Wildman–Crippen MR) is 127 cm³/mol. The number of ether oxygens (including phenoxy) is 2. The Balaban J connectivity index is 1.88. The van der Waals surface area contributed by atoms with Crippen LogP contribution < -0.4 is 14.4 Å². The average molecular weight is 404 g/mol. The van der Waals surface area contributed by atoms with E-state index in [1.165, 1.54) is 5.56 Å². The molecule has 0 aliphatic carbocycles. The molecule has 0 radical (unpaired) electrons. The zero-order chi connectivity index (χ0) is 21.5. The molecule has 3 heteroatoms. The second kappa shape index (κ2) is 10.2. The van der Waals surface area contributed by atoms with E-state index in [0.717, 1.165) is 41.8 Å². The van der Waals surface area contributed by atoms with Gasteiger partial charge in [0, 0.05) is 17.1 Å². The van der Waals surface area contributed by atoms with Gasteiger partial charge in [-0.25, -0.2) is 0 Å². The van der Waals surface area contributed by atoms with Crippen molar-refractivity contribution in [3.05, 3.63) is 78.4 Å². The first-order valence-electron chi connectivity index (χ1n) is 10.7. The molecule has 3 rings (SSSR count). The topological polar surface area (TPSA) is 21.7 Å². The van der Waals surface area contributed by atoms with Crippen molar-refractivity contribution in [3.63, 3.8) is 0 Å². The van der Waals surface area contributed by atoms with Gasteiger partial charge < -0.3 is 14.4 Å². The van der Waals surface area contributed by atoms with Crippen LogP contribution in [-0.2, 0) is 0 Å². The molecule has 0 saturated carbocycles. The Kier molecular flexibility index (Phi) is 7.40. The molecule has 0 aliphatic rings. The van der Waals surface area contributed by atoms with Crippen LogP contribution in [0.1, 0.15) is 33.3 Å². The SMILES string of the molecule is Cc1ccc(N(c2ccc(OCC(C)C)cc2)c2ccc(OCC(C)C)cc2)cc1. The number of nitrogens with zero attached hydrogens (tertiary/aromatic N) is 1. The minimum Gasteiger partial charge on any atom is -0.493 e. The Labute approximate surface area is 181 Å². The van der Waals surface area contributed by atoms with Crippen molar-refractivity contribution >= 4 is 17.1 Å². The molecule has 3 aromatic rings. The van der Waals surface area contributed by atoms with E-state index in [9.17, 15) is 0 Å². The first kappa shape index (κ1) is 21.8. The molecule has 158 valence electrons. The van der Waals surface area contributed by atoms with Gasteiger partial charge in [-0.05, 0) is 79.4 Å². The van der Waals surface area contributed by atoms with Crippen molar-refractivity contribution in [3.8, 4) is 11.5 Å². The lowest BCUT2D eigenvalue weighted by Gasteiger charge is -2.26. The zero-order valence-corrected chi connectivity index (χ0v) is 18.8. The molecule has 0 atom stereocenters. The Hall–Kier alpha value is -2.94. The third-order valence-electron chi connectivity index (χ3n) is 4.65. The van der Waals surface area contributed by atoms with Crippen molar-refractivity contribution in [1.82, 2.24) is 0 Å². The van der Waals surface area contributed by atoms with Gasteiger partial charge in [0.1, 0.15) is 11.5 Å². The van der Waals surface area contributed by atoms with E-state index in [1.807, 2.05) is 24.3 Å². The molecule has 0 bridgehead atoms. The first-order valence-corrected chi connectivity index (χ1v) is 10.7. The Morgan fingerprint density at radius 2 is 0.900 bits per heavy atom. The number of hydrogen-bond donors (Lipinski definition) is 0. The van der Waals surface area contributed by atoms with E-state index in [4.69, 9.17) is 9.47 Å². The van der Waals surface area contributed by atoms with E-state index in [1.54, 1.807) is 0 Å². The van der Waals surface area contributed by atoms with Crippen LogP contribution in [0, 0.1) is 18.8 Å². The molecule has 0 amide bonds. The minimum absolute atomic E-state index is 0.505. The van der Waals surface area contributed by atoms with Gasteiger partial charge in [0.15, 0.2) is 0 Å². The molecule has 0 unspecified atom stereocenters. The first-order chi connectivity index (χ1) is 14.4. The molecular weight excluding hydrogens is 370 g/mol. The monoisotopic (exact) mass is 403 g/mol. The molecule has 3 nitrogen and oxygen atoms in total. The summed E-state index contributed by atoms with van der Waals surface area (Å²) in [6, 6.07) is 25.2. The molecule has 3 aromatic carbocycles. The summed E-state index contributed by atoms with van der Waals surface area (Å²) in [5.41, 5.74) is 4.54. The van der Waals surface area contributed by atoms with Gasteiger partial charge in [-0.1, -0.05) is 45.4 Å². The molecule has 0 aromatic heterocycles. The summed E-state index contributed by atoms with van der Waals surface area (Å²) in [6.45, 7) is 12.2. The normalized spacial score (nSPS) is 11.0. The van der Waals surface area contributed by atoms with Crippen LogP contribution in [0.5, 0.6) is 11.5 Å². The van der Waals surface area contributed by atoms with Gasteiger partial charge in [0.2, 0.25) is 0 Å². The van der Waals surface area contributed by atoms with Gasteiger partial charge in [-0.15, -0.1) is 0 Å². The molecule has 30 heavy (non-hydrogen) atoms. The summed E-state index contributed by atoms with van der Waals surface area (Å²) in [4.78, 5) is 2.25. The summed E-state index contributed by atoms with van der Waals surface area (Å²) >= 11 is 0. The number of anilines is 3. The number of rotatable bonds is 9. The summed E-state index contributed by atoms with van der Waals surface area (Å²) in [5, 5.41) is 0. The molecule has 0 spiro atoms. The summed E-state index contributed by atoms with van der Waals surface area (Å²) < 4.78 is 11.7. The van der Waals surface area contributed by atoms with Crippen molar-refractivity contribution in [2.24, 2.45) is 11.8 Å². The van der Waals surface area contributed by atoms with Crippen LogP contribution in [0.25, 0.3) is 0 Å². The van der Waals surface area contributed by atoms with Crippen molar-refractivity contribution < 1.29 is 9.47 Å². The summed E-state index contributed by atoms with van der Waals surface area (Å²) in [7, 11) is 0. The highest BCUT2D eigenvalue weighted by Gasteiger charge is 2.13. The zero-order valence-electron chi connectivity index (χ0n) is 18.8. The van der Waals surface area contributed by atoms with Gasteiger partial charge in [-0.3, -0.25) is 0 Å². The maximum absolute atomic E-state index is 5.86. The lowest BCUT2D eigenvalue weighted by molar-refractivity contribution is 0.271. The quantitative estimate of drug-likeness (QED) is 0.368. The highest BCUT2D eigenvalue weighted by molar-refractivity contribution is 5.77. The van der Waals surface area contributed by atoms with Crippen LogP contribution in [0.4, 0.5) is 17.1 Å². The highest BCUT2D eigenvalue weighted by Crippen LogP contribution is 2.36. The van der Waals surface area contributed by atoms with E-state index in [2.05, 4.69) is 88.0 Å². The number of benzene rings is 3. The standard InChI is InChI=1S/C27H33NO2/c1-20(2)18-29-26-14-10-24(11-15-26)28(23-8-6-22(5)7-9-23)25-12-16-27(17-13-25)30-19-21(3)4/h6-17,20-21H,18-19H2,1-5H3. The molecule has 0 N–H and O–H groups in total. The molecule has 0 fully saturated rings. The predicted octanol–water partition coefficient (Wildman–Crippen LogP) is 7.53. The van der Waals surface area contributed by atoms with E-state index in [-0.39, 0.29) is 0 Å². The van der Waals surface area contributed by atoms with E-state index >= 15 is 0 Å². The molecule has 0 heterocycles. The third kappa shape index (κ3) is 6.03. The summed E-state index contributed by atoms with van der Waals surface area (Å²) in [6.07, 6.45) is 0. The van der Waals surface area contributed by atoms with Crippen molar-refractivity contribution in [2.75, 3.05) is 18.1 Å². The van der Waals surface area contributed by atoms with Crippen LogP contribution in [0.2, 0.25) is 0 Å². The molecule has 0 saturated heterocycles. The van der Waals surface area contributed by atoms with Crippen LogP contribution in [-0.4, -0.2) is 13.2 Å². The fraction of sp³-hybridized carbons (Fsp3) is 0.333. The number of hydrogen-bond acceptors (Lipinski definition) is 3. The highest BCUT2D eigenvalue weighted by atomic mass is 16.5. The minimum atomic E-state index is 0.505. The van der Waals surface area contributed by atoms with Crippen LogP contribution in [0.15, 0.2) is 72.8 Å². The lowest BCUT2D eigenvalue weighted by Crippen LogP contribution is -2.10. The fourth-order valence-corrected chi connectivity index (χ4v) is 3.05. The third-order valence-corrected chi connectivity index (χ3v) is 4.65. The Morgan fingerprint density at radius 3 is 1.23 bits per heavy atom. The maximum Gasteiger partial charge on any atom is 0.119 e. The lowest BCUT2D eigenvalue weighted by atomic mass is 10.1. The average Bonchev–Trinajstić information content (AvgIpc) is 2.74. The van der Waals surface area contributed by atoms with Gasteiger partial charge in [-0.2, -0.15) is 0 Å². The fourth-order valence-electron chi connectivity index (χ4n) is 3.05. The smallest absolute Gasteiger partial charge is 0.119 e. The van der Waals surface area contributed by atoms with Crippen molar-refractivity contribution in [1.29, 1.82) is 0 Å². The van der Waals surface area contributed by atoms with Gasteiger partial charge >= 0.3 is 0 Å². The number of aryl methyl sites for hydroxylation is 1. The summed E-state index contributed by atoms with van der Waals surface area (Å²) in [5.74, 6) is 2.80. The van der Waals surface area contributed by atoms with Gasteiger partial charge in [0.05, 0.1) is 13.2 Å². The molecular formula is C27H33NO2. The largest absolute Gasteiger partial charge is 0.493 e. The molecule has 0 aliphatic heterocycles. The maximum atomic E-state index is 5.86.